The van der Waals surface area contributed by atoms with E-state index in [9.17, 15) is 14.7 Å². The minimum Gasteiger partial charge on any atom is -0.496 e. The second kappa shape index (κ2) is 7.82. The average Bonchev–Trinajstić information content (AvgIpc) is 3.56. The van der Waals surface area contributed by atoms with Crippen LogP contribution in [0.2, 0.25) is 0 Å². The lowest BCUT2D eigenvalue weighted by molar-refractivity contribution is -0.157. The second-order valence-corrected chi connectivity index (χ2v) is 10.8. The maximum Gasteiger partial charge on any atom is 0.312 e. The fourth-order valence-electron chi connectivity index (χ4n) is 7.22. The summed E-state index contributed by atoms with van der Waals surface area (Å²) in [5.41, 5.74) is 1.82. The molecule has 1 aliphatic heterocycles. The summed E-state index contributed by atoms with van der Waals surface area (Å²) in [5, 5.41) is 12.9. The van der Waals surface area contributed by atoms with Crippen LogP contribution in [0.25, 0.3) is 5.57 Å². The molecule has 2 heterocycles. The number of aliphatic carboxylic acids is 1. The maximum absolute atomic E-state index is 13.8. The highest BCUT2D eigenvalue weighted by atomic mass is 32.1. The number of likely N-dealkylation sites (tertiary alicyclic amines) is 1. The van der Waals surface area contributed by atoms with Gasteiger partial charge in [-0.05, 0) is 41.5 Å². The second-order valence-electron chi connectivity index (χ2n) is 9.90. The van der Waals surface area contributed by atoms with Gasteiger partial charge in [0.05, 0.1) is 12.5 Å². The first kappa shape index (κ1) is 22.1. The highest BCUT2D eigenvalue weighted by molar-refractivity contribution is 7.10. The molecule has 1 unspecified atom stereocenters. The Bertz CT molecular complexity index is 1350. The number of thiophene rings is 1. The number of amides is 1. The van der Waals surface area contributed by atoms with Crippen LogP contribution in [-0.4, -0.2) is 42.1 Å². The third kappa shape index (κ3) is 2.80. The lowest BCUT2D eigenvalue weighted by Crippen LogP contribution is -2.59. The summed E-state index contributed by atoms with van der Waals surface area (Å²) in [6.45, 7) is 4.69. The van der Waals surface area contributed by atoms with E-state index in [1.165, 1.54) is 4.88 Å². The molecule has 1 amide bonds. The normalized spacial score (nSPS) is 28.3. The number of carbonyl (C=O) groups excluding carboxylic acids is 1. The molecule has 6 heteroatoms. The average molecular weight is 486 g/mol. The number of rotatable bonds is 5. The number of benzene rings is 2. The van der Waals surface area contributed by atoms with Gasteiger partial charge in [0.1, 0.15) is 5.75 Å². The summed E-state index contributed by atoms with van der Waals surface area (Å²) in [4.78, 5) is 30.0. The summed E-state index contributed by atoms with van der Waals surface area (Å²) in [5.74, 6) is -0.764. The lowest BCUT2D eigenvalue weighted by atomic mass is 9.44. The van der Waals surface area contributed by atoms with E-state index in [0.29, 0.717) is 23.4 Å². The van der Waals surface area contributed by atoms with Gasteiger partial charge >= 0.3 is 5.97 Å². The van der Waals surface area contributed by atoms with Crippen LogP contribution in [0.1, 0.15) is 40.3 Å². The van der Waals surface area contributed by atoms with E-state index >= 15 is 0 Å². The molecule has 1 N–H and O–H groups in total. The molecular weight excluding hydrogens is 458 g/mol. The first-order valence-corrected chi connectivity index (χ1v) is 12.8. The van der Waals surface area contributed by atoms with Crippen molar-refractivity contribution < 1.29 is 19.4 Å². The molecule has 1 saturated carbocycles. The molecule has 0 radical (unpaired) electrons. The highest BCUT2D eigenvalue weighted by Gasteiger charge is 2.71. The third-order valence-corrected chi connectivity index (χ3v) is 9.77. The Kier molecular flexibility index (Phi) is 4.94. The molecular formula is C29H27NO4S. The zero-order chi connectivity index (χ0) is 24.4. The van der Waals surface area contributed by atoms with E-state index in [1.807, 2.05) is 36.4 Å². The van der Waals surface area contributed by atoms with Gasteiger partial charge in [0.25, 0.3) is 5.91 Å². The molecule has 2 bridgehead atoms. The van der Waals surface area contributed by atoms with Gasteiger partial charge in [-0.15, -0.1) is 11.3 Å². The van der Waals surface area contributed by atoms with E-state index in [2.05, 4.69) is 30.2 Å². The Morgan fingerprint density at radius 2 is 1.86 bits per heavy atom. The molecule has 35 heavy (non-hydrogen) atoms. The molecule has 2 fully saturated rings. The summed E-state index contributed by atoms with van der Waals surface area (Å²) in [6, 6.07) is 19.7. The number of hydrogen-bond acceptors (Lipinski definition) is 4. The van der Waals surface area contributed by atoms with Crippen LogP contribution < -0.4 is 4.74 Å². The van der Waals surface area contributed by atoms with E-state index in [-0.39, 0.29) is 24.3 Å². The number of nitrogens with zero attached hydrogens (tertiary/aromatic N) is 1. The van der Waals surface area contributed by atoms with Gasteiger partial charge in [-0.3, -0.25) is 9.59 Å². The molecule has 4 atom stereocenters. The molecule has 178 valence electrons. The Morgan fingerprint density at radius 3 is 2.60 bits per heavy atom. The van der Waals surface area contributed by atoms with E-state index in [1.54, 1.807) is 29.4 Å². The molecule has 2 aromatic carbocycles. The van der Waals surface area contributed by atoms with Crippen molar-refractivity contribution in [3.63, 3.8) is 0 Å². The fourth-order valence-corrected chi connectivity index (χ4v) is 8.49. The standard InChI is InChI=1S/C29H27NO4S/c1-18(20-10-6-7-11-23(20)34-2)26(31)30-16-24-28(19-8-4-3-5-9-19)14-12-22(21-13-15-35-25(21)28)29(24,17-30)27(32)33/h3-11,13,15,22,24H,1,12,14,16-17H2,2H3,(H,32,33)/t22-,24?,28-,29-/m0/s1. The number of hydrogen-bond donors (Lipinski definition) is 1. The number of para-hydroxylation sites is 1. The number of carboxylic acids is 1. The van der Waals surface area contributed by atoms with Crippen molar-refractivity contribution in [1.82, 2.24) is 4.90 Å². The Labute approximate surface area is 208 Å². The van der Waals surface area contributed by atoms with Gasteiger partial charge in [0, 0.05) is 46.4 Å². The SMILES string of the molecule is C=C(C(=O)N1CC2[C@@]3(c4ccccc4)CC[C@@H](c4ccsc43)[C@@]2(C(=O)O)C1)c1ccccc1OC. The minimum absolute atomic E-state index is 0.103. The molecule has 5 nitrogen and oxygen atoms in total. The number of carbonyl (C=O) groups is 2. The van der Waals surface area contributed by atoms with Crippen molar-refractivity contribution >= 4 is 28.8 Å². The van der Waals surface area contributed by atoms with Crippen molar-refractivity contribution in [2.75, 3.05) is 20.2 Å². The third-order valence-electron chi connectivity index (χ3n) is 8.66. The van der Waals surface area contributed by atoms with Crippen LogP contribution in [0.15, 0.2) is 72.6 Å². The van der Waals surface area contributed by atoms with Crippen molar-refractivity contribution in [3.05, 3.63) is 94.2 Å². The largest absolute Gasteiger partial charge is 0.496 e. The lowest BCUT2D eigenvalue weighted by Gasteiger charge is -2.58. The van der Waals surface area contributed by atoms with Crippen LogP contribution in [0, 0.1) is 11.3 Å². The van der Waals surface area contributed by atoms with Crippen LogP contribution in [0.4, 0.5) is 0 Å². The Morgan fingerprint density at radius 1 is 1.11 bits per heavy atom. The smallest absolute Gasteiger partial charge is 0.312 e. The zero-order valence-corrected chi connectivity index (χ0v) is 20.4. The van der Waals surface area contributed by atoms with Crippen molar-refractivity contribution in [1.29, 1.82) is 0 Å². The van der Waals surface area contributed by atoms with Gasteiger partial charge in [-0.25, -0.2) is 0 Å². The highest BCUT2D eigenvalue weighted by Crippen LogP contribution is 2.70. The van der Waals surface area contributed by atoms with Crippen LogP contribution >= 0.6 is 11.3 Å². The van der Waals surface area contributed by atoms with Gasteiger partial charge in [-0.1, -0.05) is 55.1 Å². The number of fused-ring (bicyclic) bond motifs is 1. The van der Waals surface area contributed by atoms with E-state index in [0.717, 1.165) is 24.0 Å². The maximum atomic E-state index is 13.8. The monoisotopic (exact) mass is 485 g/mol. The topological polar surface area (TPSA) is 66.8 Å². The molecule has 3 aliphatic carbocycles. The van der Waals surface area contributed by atoms with E-state index in [4.69, 9.17) is 4.74 Å². The number of ether oxygens (including phenoxy) is 1. The minimum atomic E-state index is -1.03. The quantitative estimate of drug-likeness (QED) is 0.506. The molecule has 7 rings (SSSR count). The Hall–Kier alpha value is -3.38. The van der Waals surface area contributed by atoms with Crippen LogP contribution in [0.5, 0.6) is 5.75 Å². The Balaban J connectivity index is 1.47. The van der Waals surface area contributed by atoms with Gasteiger partial charge in [0.15, 0.2) is 0 Å². The number of methoxy groups -OCH3 is 1. The summed E-state index contributed by atoms with van der Waals surface area (Å²) >= 11 is 1.73. The predicted molar refractivity (Wildman–Crippen MR) is 136 cm³/mol. The molecule has 1 saturated heterocycles. The molecule has 0 spiro atoms. The first-order chi connectivity index (χ1) is 16.9. The predicted octanol–water partition coefficient (Wildman–Crippen LogP) is 5.18. The molecule has 3 aromatic rings. The van der Waals surface area contributed by atoms with Crippen molar-refractivity contribution in [2.45, 2.75) is 24.2 Å². The fraction of sp³-hybridized carbons (Fsp3) is 0.310. The zero-order valence-electron chi connectivity index (χ0n) is 19.6. The van der Waals surface area contributed by atoms with Crippen LogP contribution in [0.3, 0.4) is 0 Å². The summed E-state index contributed by atoms with van der Waals surface area (Å²) < 4.78 is 5.46. The van der Waals surface area contributed by atoms with Gasteiger partial charge in [-0.2, -0.15) is 0 Å². The number of carboxylic acid groups (broad SMARTS) is 1. The summed E-state index contributed by atoms with van der Waals surface area (Å²) in [6.07, 6.45) is 1.70. The summed E-state index contributed by atoms with van der Waals surface area (Å²) in [7, 11) is 1.57. The molecule has 1 aromatic heterocycles. The van der Waals surface area contributed by atoms with Gasteiger partial charge < -0.3 is 14.7 Å². The first-order valence-electron chi connectivity index (χ1n) is 11.9. The van der Waals surface area contributed by atoms with Crippen molar-refractivity contribution in [3.8, 4) is 5.75 Å². The van der Waals surface area contributed by atoms with Crippen LogP contribution in [-0.2, 0) is 15.0 Å². The van der Waals surface area contributed by atoms with Crippen molar-refractivity contribution in [2.24, 2.45) is 11.3 Å². The molecule has 4 aliphatic rings. The van der Waals surface area contributed by atoms with Gasteiger partial charge in [0.2, 0.25) is 0 Å². The van der Waals surface area contributed by atoms with E-state index < -0.39 is 16.8 Å².